The molecule has 0 fully saturated rings. The maximum absolute atomic E-state index is 12.1. The van der Waals surface area contributed by atoms with Gasteiger partial charge < -0.3 is 15.2 Å². The molecular weight excluding hydrogens is 346 g/mol. The fourth-order valence-corrected chi connectivity index (χ4v) is 3.56. The van der Waals surface area contributed by atoms with Gasteiger partial charge in [0.05, 0.1) is 18.6 Å². The van der Waals surface area contributed by atoms with Crippen LogP contribution >= 0.6 is 33.2 Å². The topological polar surface area (TPSA) is 75.6 Å². The van der Waals surface area contributed by atoms with Crippen molar-refractivity contribution in [3.63, 3.8) is 0 Å². The third-order valence-corrected chi connectivity index (χ3v) is 5.09. The zero-order valence-electron chi connectivity index (χ0n) is 12.1. The van der Waals surface area contributed by atoms with Crippen LogP contribution in [0.1, 0.15) is 23.7 Å². The minimum absolute atomic E-state index is 0.145. The molecule has 0 saturated carbocycles. The molecule has 8 heteroatoms. The number of carboxylic acid groups (broad SMARTS) is 1. The van der Waals surface area contributed by atoms with Crippen molar-refractivity contribution in [2.24, 2.45) is 0 Å². The summed E-state index contributed by atoms with van der Waals surface area (Å²) < 4.78 is 5.41. The van der Waals surface area contributed by atoms with E-state index in [1.54, 1.807) is 18.2 Å². The summed E-state index contributed by atoms with van der Waals surface area (Å²) in [4.78, 5) is 22.4. The lowest BCUT2D eigenvalue weighted by Crippen LogP contribution is -2.26. The summed E-state index contributed by atoms with van der Waals surface area (Å²) in [6.07, 6.45) is 0.145. The molecule has 0 spiro atoms. The number of hydrogen-bond donors (Lipinski definition) is 2. The van der Waals surface area contributed by atoms with Crippen molar-refractivity contribution in [3.05, 3.63) is 28.8 Å². The molecule has 2 N–H and O–H groups in total. The quantitative estimate of drug-likeness (QED) is 0.490. The van der Waals surface area contributed by atoms with Crippen LogP contribution in [0.5, 0.6) is 5.75 Å². The first-order chi connectivity index (χ1) is 10.5. The number of nitrogens with one attached hydrogen (secondary N) is 1. The van der Waals surface area contributed by atoms with Crippen molar-refractivity contribution >= 4 is 45.1 Å². The molecule has 0 atom stereocenters. The number of carboxylic acids is 1. The molecule has 0 aliphatic rings. The van der Waals surface area contributed by atoms with E-state index in [1.165, 1.54) is 21.6 Å². The number of carbonyl (C=O) groups is 2. The van der Waals surface area contributed by atoms with Crippen LogP contribution in [-0.4, -0.2) is 41.6 Å². The predicted molar refractivity (Wildman–Crippen MR) is 92.1 cm³/mol. The Labute approximate surface area is 142 Å². The molecule has 0 saturated heterocycles. The van der Waals surface area contributed by atoms with Gasteiger partial charge in [0, 0.05) is 23.1 Å². The van der Waals surface area contributed by atoms with Crippen LogP contribution in [0.2, 0.25) is 5.02 Å². The number of carbonyl (C=O) groups excluding carboxylic acids is 1. The minimum atomic E-state index is -0.799. The standard InChI is InChI=1S/C14H18ClNO4S2/c1-2-20-12-9-10(15)3-4-11(12)14(19)16-6-8-22-21-7-5-13(17)18/h3-4,9H,2,5-8H2,1H3,(H,16,19)(H,17,18). The van der Waals surface area contributed by atoms with E-state index >= 15 is 0 Å². The number of hydrogen-bond acceptors (Lipinski definition) is 5. The molecular formula is C14H18ClNO4S2. The van der Waals surface area contributed by atoms with Gasteiger partial charge in [-0.1, -0.05) is 33.2 Å². The fraction of sp³-hybridized carbons (Fsp3) is 0.429. The molecule has 0 unspecified atom stereocenters. The van der Waals surface area contributed by atoms with E-state index in [0.29, 0.717) is 41.0 Å². The number of ether oxygens (including phenoxy) is 1. The lowest BCUT2D eigenvalue weighted by atomic mass is 10.2. The predicted octanol–water partition coefficient (Wildman–Crippen LogP) is 3.32. The summed E-state index contributed by atoms with van der Waals surface area (Å²) in [6.45, 7) is 2.79. The molecule has 1 aromatic carbocycles. The van der Waals surface area contributed by atoms with Gasteiger partial charge in [-0.05, 0) is 25.1 Å². The van der Waals surface area contributed by atoms with Crippen molar-refractivity contribution in [3.8, 4) is 5.75 Å². The molecule has 0 aliphatic carbocycles. The molecule has 5 nitrogen and oxygen atoms in total. The van der Waals surface area contributed by atoms with Crippen molar-refractivity contribution in [1.29, 1.82) is 0 Å². The first-order valence-electron chi connectivity index (χ1n) is 6.71. The van der Waals surface area contributed by atoms with Gasteiger partial charge in [-0.2, -0.15) is 0 Å². The van der Waals surface area contributed by atoms with Crippen LogP contribution < -0.4 is 10.1 Å². The van der Waals surface area contributed by atoms with E-state index in [0.717, 1.165) is 0 Å². The van der Waals surface area contributed by atoms with Gasteiger partial charge in [0.25, 0.3) is 5.91 Å². The zero-order chi connectivity index (χ0) is 16.4. The molecule has 22 heavy (non-hydrogen) atoms. The molecule has 122 valence electrons. The van der Waals surface area contributed by atoms with Gasteiger partial charge in [0.1, 0.15) is 5.75 Å². The molecule has 1 amide bonds. The highest BCUT2D eigenvalue weighted by Gasteiger charge is 2.12. The normalized spacial score (nSPS) is 10.3. The summed E-state index contributed by atoms with van der Waals surface area (Å²) in [5, 5.41) is 11.8. The van der Waals surface area contributed by atoms with E-state index in [2.05, 4.69) is 5.32 Å². The lowest BCUT2D eigenvalue weighted by molar-refractivity contribution is -0.136. The van der Waals surface area contributed by atoms with Gasteiger partial charge in [0.15, 0.2) is 0 Å². The van der Waals surface area contributed by atoms with E-state index in [9.17, 15) is 9.59 Å². The van der Waals surface area contributed by atoms with Crippen LogP contribution in [0.3, 0.4) is 0 Å². The van der Waals surface area contributed by atoms with Gasteiger partial charge >= 0.3 is 5.97 Å². The maximum atomic E-state index is 12.1. The summed E-state index contributed by atoms with van der Waals surface area (Å²) in [7, 11) is 3.02. The van der Waals surface area contributed by atoms with E-state index in [-0.39, 0.29) is 12.3 Å². The molecule has 0 bridgehead atoms. The first-order valence-corrected chi connectivity index (χ1v) is 9.58. The first kappa shape index (κ1) is 19.0. The Balaban J connectivity index is 2.35. The smallest absolute Gasteiger partial charge is 0.304 e. The van der Waals surface area contributed by atoms with Crippen molar-refractivity contribution in [1.82, 2.24) is 5.32 Å². The molecule has 0 radical (unpaired) electrons. The molecule has 1 rings (SSSR count). The monoisotopic (exact) mass is 363 g/mol. The average Bonchev–Trinajstić information content (AvgIpc) is 2.46. The second-order valence-electron chi connectivity index (χ2n) is 4.12. The number of amides is 1. The van der Waals surface area contributed by atoms with Crippen LogP contribution in [0.15, 0.2) is 18.2 Å². The van der Waals surface area contributed by atoms with Crippen LogP contribution in [0, 0.1) is 0 Å². The summed E-state index contributed by atoms with van der Waals surface area (Å²) in [6, 6.07) is 4.91. The Kier molecular flexibility index (Phi) is 9.19. The summed E-state index contributed by atoms with van der Waals surface area (Å²) in [5.41, 5.74) is 0.454. The fourth-order valence-electron chi connectivity index (χ4n) is 1.51. The highest BCUT2D eigenvalue weighted by molar-refractivity contribution is 8.76. The van der Waals surface area contributed by atoms with Gasteiger partial charge in [-0.25, -0.2) is 0 Å². The molecule has 0 aromatic heterocycles. The Morgan fingerprint density at radius 2 is 2.05 bits per heavy atom. The second-order valence-corrected chi connectivity index (χ2v) is 7.26. The lowest BCUT2D eigenvalue weighted by Gasteiger charge is -2.11. The van der Waals surface area contributed by atoms with E-state index in [1.807, 2.05) is 6.92 Å². The Hall–Kier alpha value is -1.05. The average molecular weight is 364 g/mol. The number of halogens is 1. The highest BCUT2D eigenvalue weighted by Crippen LogP contribution is 2.24. The summed E-state index contributed by atoms with van der Waals surface area (Å²) >= 11 is 5.90. The largest absolute Gasteiger partial charge is 0.493 e. The number of aliphatic carboxylic acids is 1. The Bertz CT molecular complexity index is 514. The maximum Gasteiger partial charge on any atom is 0.304 e. The molecule has 1 aromatic rings. The van der Waals surface area contributed by atoms with Crippen molar-refractivity contribution in [2.45, 2.75) is 13.3 Å². The Morgan fingerprint density at radius 1 is 1.32 bits per heavy atom. The van der Waals surface area contributed by atoms with Crippen molar-refractivity contribution in [2.75, 3.05) is 24.7 Å². The Morgan fingerprint density at radius 3 is 2.73 bits per heavy atom. The van der Waals surface area contributed by atoms with E-state index in [4.69, 9.17) is 21.4 Å². The SMILES string of the molecule is CCOc1cc(Cl)ccc1C(=O)NCCSSCCC(=O)O. The second kappa shape index (κ2) is 10.6. The van der Waals surface area contributed by atoms with Crippen LogP contribution in [0.4, 0.5) is 0 Å². The van der Waals surface area contributed by atoms with Crippen LogP contribution in [-0.2, 0) is 4.79 Å². The minimum Gasteiger partial charge on any atom is -0.493 e. The van der Waals surface area contributed by atoms with Crippen molar-refractivity contribution < 1.29 is 19.4 Å². The number of rotatable bonds is 10. The zero-order valence-corrected chi connectivity index (χ0v) is 14.5. The van der Waals surface area contributed by atoms with Crippen LogP contribution in [0.25, 0.3) is 0 Å². The van der Waals surface area contributed by atoms with E-state index < -0.39 is 5.97 Å². The third-order valence-electron chi connectivity index (χ3n) is 2.44. The number of benzene rings is 1. The summed E-state index contributed by atoms with van der Waals surface area (Å²) in [5.74, 6) is 0.715. The van der Waals surface area contributed by atoms with Gasteiger partial charge in [-0.3, -0.25) is 9.59 Å². The van der Waals surface area contributed by atoms with Gasteiger partial charge in [-0.15, -0.1) is 0 Å². The third kappa shape index (κ3) is 7.29. The van der Waals surface area contributed by atoms with Gasteiger partial charge in [0.2, 0.25) is 0 Å². The molecule has 0 heterocycles. The highest BCUT2D eigenvalue weighted by atomic mass is 35.5. The molecule has 0 aliphatic heterocycles.